The first-order valence-electron chi connectivity index (χ1n) is 4.02. The average molecular weight is 208 g/mol. The van der Waals surface area contributed by atoms with Gasteiger partial charge in [-0.1, -0.05) is 0 Å². The number of aliphatic hydroxyl groups excluding tert-OH is 4. The maximum atomic E-state index is 10.5. The van der Waals surface area contributed by atoms with E-state index >= 15 is 0 Å². The molecule has 5 atom stereocenters. The van der Waals surface area contributed by atoms with Crippen LogP contribution in [0.15, 0.2) is 0 Å². The summed E-state index contributed by atoms with van der Waals surface area (Å²) in [6.45, 7) is -0.630. The molecule has 82 valence electrons. The Morgan fingerprint density at radius 2 is 1.71 bits per heavy atom. The van der Waals surface area contributed by atoms with Crippen LogP contribution in [0.3, 0.4) is 0 Å². The molecule has 0 aromatic carbocycles. The molecule has 1 rings (SSSR count). The molecule has 1 aliphatic rings. The molecule has 0 unspecified atom stereocenters. The molecule has 7 nitrogen and oxygen atoms in total. The summed E-state index contributed by atoms with van der Waals surface area (Å²) in [5, 5.41) is 44.9. The zero-order chi connectivity index (χ0) is 10.9. The number of aliphatic hydroxyl groups is 4. The Bertz CT molecular complexity index is 216. The fourth-order valence-electron chi connectivity index (χ4n) is 1.31. The van der Waals surface area contributed by atoms with E-state index in [2.05, 4.69) is 4.74 Å². The largest absolute Gasteiger partial charge is 0.479 e. The summed E-state index contributed by atoms with van der Waals surface area (Å²) in [5.74, 6) is -1.46. The molecule has 5 N–H and O–H groups in total. The number of hydrogen-bond acceptors (Lipinski definition) is 6. The van der Waals surface area contributed by atoms with Crippen molar-refractivity contribution in [1.29, 1.82) is 0 Å². The van der Waals surface area contributed by atoms with E-state index in [0.29, 0.717) is 0 Å². The first-order valence-corrected chi connectivity index (χ1v) is 4.02. The van der Waals surface area contributed by atoms with Crippen molar-refractivity contribution in [2.24, 2.45) is 0 Å². The number of carbonyl (C=O) groups is 1. The first kappa shape index (κ1) is 11.3. The Kier molecular flexibility index (Phi) is 3.40. The van der Waals surface area contributed by atoms with E-state index < -0.39 is 43.1 Å². The smallest absolute Gasteiger partial charge is 0.335 e. The van der Waals surface area contributed by atoms with E-state index in [1.165, 1.54) is 0 Å². The molecule has 0 radical (unpaired) electrons. The predicted molar refractivity (Wildman–Crippen MR) is 41.4 cm³/mol. The number of aliphatic carboxylic acids is 1. The minimum Gasteiger partial charge on any atom is -0.479 e. The highest BCUT2D eigenvalue weighted by Crippen LogP contribution is 2.20. The average Bonchev–Trinajstić information content (AvgIpc) is 2.14. The monoisotopic (exact) mass is 208 g/mol. The molecule has 0 aromatic rings. The summed E-state index contributed by atoms with van der Waals surface area (Å²) < 4.78 is 4.68. The van der Waals surface area contributed by atoms with Gasteiger partial charge in [-0.3, -0.25) is 0 Å². The molecule has 1 heterocycles. The van der Waals surface area contributed by atoms with Gasteiger partial charge in [-0.05, 0) is 0 Å². The Balaban J connectivity index is 2.78. The zero-order valence-electron chi connectivity index (χ0n) is 7.15. The molecule has 0 saturated carbocycles. The SMILES string of the molecule is O=C(O)[C@@H]1O[C@H](CO)[C@H](O)[C@H](O)[C@@H]1O. The van der Waals surface area contributed by atoms with Crippen molar-refractivity contribution in [3.05, 3.63) is 0 Å². The Hall–Kier alpha value is -0.730. The summed E-state index contributed by atoms with van der Waals surface area (Å²) >= 11 is 0. The third-order valence-electron chi connectivity index (χ3n) is 2.14. The Morgan fingerprint density at radius 1 is 1.14 bits per heavy atom. The molecule has 0 aliphatic carbocycles. The minimum atomic E-state index is -1.70. The maximum absolute atomic E-state index is 10.5. The zero-order valence-corrected chi connectivity index (χ0v) is 7.15. The van der Waals surface area contributed by atoms with Gasteiger partial charge in [0.2, 0.25) is 0 Å². The van der Waals surface area contributed by atoms with Gasteiger partial charge in [-0.15, -0.1) is 0 Å². The summed E-state index contributed by atoms with van der Waals surface area (Å²) in [7, 11) is 0. The number of ether oxygens (including phenoxy) is 1. The van der Waals surface area contributed by atoms with Crippen molar-refractivity contribution >= 4 is 5.97 Å². The lowest BCUT2D eigenvalue weighted by molar-refractivity contribution is -0.233. The lowest BCUT2D eigenvalue weighted by Gasteiger charge is -2.38. The highest BCUT2D eigenvalue weighted by molar-refractivity contribution is 5.73. The summed E-state index contributed by atoms with van der Waals surface area (Å²) in [4.78, 5) is 10.5. The molecule has 14 heavy (non-hydrogen) atoms. The first-order chi connectivity index (χ1) is 6.49. The fraction of sp³-hybridized carbons (Fsp3) is 0.857. The van der Waals surface area contributed by atoms with Gasteiger partial charge in [0, 0.05) is 0 Å². The molecule has 0 bridgehead atoms. The van der Waals surface area contributed by atoms with Crippen LogP contribution in [0, 0.1) is 0 Å². The molecule has 1 fully saturated rings. The second-order valence-electron chi connectivity index (χ2n) is 3.09. The molecule has 7 heteroatoms. The van der Waals surface area contributed by atoms with Crippen LogP contribution >= 0.6 is 0 Å². The predicted octanol–water partition coefficient (Wildman–Crippen LogP) is -3.09. The highest BCUT2D eigenvalue weighted by atomic mass is 16.6. The van der Waals surface area contributed by atoms with Gasteiger partial charge in [0.15, 0.2) is 6.10 Å². The van der Waals surface area contributed by atoms with E-state index in [1.54, 1.807) is 0 Å². The Labute approximate surface area is 79.2 Å². The lowest BCUT2D eigenvalue weighted by atomic mass is 9.95. The summed E-state index contributed by atoms with van der Waals surface area (Å²) in [6, 6.07) is 0. The second-order valence-corrected chi connectivity index (χ2v) is 3.09. The second kappa shape index (κ2) is 4.20. The quantitative estimate of drug-likeness (QED) is 0.325. The van der Waals surface area contributed by atoms with E-state index in [1.807, 2.05) is 0 Å². The number of carboxylic acids is 1. The standard InChI is InChI=1S/C7H12O7/c8-1-2-3(9)4(10)5(11)6(14-2)7(12)13/h2-6,8-11H,1H2,(H,12,13)/t2-,3+,4+,5+,6-/m1/s1. The van der Waals surface area contributed by atoms with Gasteiger partial charge in [-0.25, -0.2) is 4.79 Å². The maximum Gasteiger partial charge on any atom is 0.335 e. The van der Waals surface area contributed by atoms with Crippen molar-refractivity contribution in [3.8, 4) is 0 Å². The van der Waals surface area contributed by atoms with E-state index in [4.69, 9.17) is 10.2 Å². The normalized spacial score (nSPS) is 43.6. The van der Waals surface area contributed by atoms with Crippen molar-refractivity contribution in [2.45, 2.75) is 30.5 Å². The molecule has 1 aliphatic heterocycles. The summed E-state index contributed by atoms with van der Waals surface area (Å²) in [5.41, 5.74) is 0. The number of hydrogen-bond donors (Lipinski definition) is 5. The molecule has 0 amide bonds. The molecule has 0 aromatic heterocycles. The Morgan fingerprint density at radius 3 is 2.14 bits per heavy atom. The van der Waals surface area contributed by atoms with Crippen molar-refractivity contribution in [3.63, 3.8) is 0 Å². The van der Waals surface area contributed by atoms with Crippen LogP contribution in [-0.4, -0.2) is 68.6 Å². The molecular weight excluding hydrogens is 196 g/mol. The van der Waals surface area contributed by atoms with Crippen LogP contribution in [0.4, 0.5) is 0 Å². The van der Waals surface area contributed by atoms with Crippen LogP contribution in [-0.2, 0) is 9.53 Å². The van der Waals surface area contributed by atoms with Crippen LogP contribution < -0.4 is 0 Å². The van der Waals surface area contributed by atoms with Gasteiger partial charge in [0.05, 0.1) is 6.61 Å². The topological polar surface area (TPSA) is 127 Å². The highest BCUT2D eigenvalue weighted by Gasteiger charge is 2.46. The fourth-order valence-corrected chi connectivity index (χ4v) is 1.31. The van der Waals surface area contributed by atoms with Gasteiger partial charge in [0.25, 0.3) is 0 Å². The van der Waals surface area contributed by atoms with Gasteiger partial charge < -0.3 is 30.3 Å². The van der Waals surface area contributed by atoms with Gasteiger partial charge in [-0.2, -0.15) is 0 Å². The van der Waals surface area contributed by atoms with Crippen molar-refractivity contribution in [1.82, 2.24) is 0 Å². The molecule has 0 spiro atoms. The van der Waals surface area contributed by atoms with Crippen molar-refractivity contribution in [2.75, 3.05) is 6.61 Å². The van der Waals surface area contributed by atoms with Crippen LogP contribution in [0.2, 0.25) is 0 Å². The number of carboxylic acid groups (broad SMARTS) is 1. The van der Waals surface area contributed by atoms with Crippen molar-refractivity contribution < 1.29 is 35.1 Å². The van der Waals surface area contributed by atoms with E-state index in [-0.39, 0.29) is 0 Å². The third-order valence-corrected chi connectivity index (χ3v) is 2.14. The van der Waals surface area contributed by atoms with Gasteiger partial charge in [0.1, 0.15) is 24.4 Å². The minimum absolute atomic E-state index is 0.630. The molecular formula is C7H12O7. The van der Waals surface area contributed by atoms with Crippen LogP contribution in [0.1, 0.15) is 0 Å². The molecule has 1 saturated heterocycles. The summed E-state index contributed by atoms with van der Waals surface area (Å²) in [6.07, 6.45) is -7.67. The van der Waals surface area contributed by atoms with E-state index in [0.717, 1.165) is 0 Å². The van der Waals surface area contributed by atoms with E-state index in [9.17, 15) is 20.1 Å². The van der Waals surface area contributed by atoms with Gasteiger partial charge >= 0.3 is 5.97 Å². The lowest BCUT2D eigenvalue weighted by Crippen LogP contribution is -2.60. The third kappa shape index (κ3) is 1.86. The van der Waals surface area contributed by atoms with Crippen LogP contribution in [0.5, 0.6) is 0 Å². The number of rotatable bonds is 2. The van der Waals surface area contributed by atoms with Crippen LogP contribution in [0.25, 0.3) is 0 Å².